The van der Waals surface area contributed by atoms with Crippen LogP contribution >= 0.6 is 0 Å². The van der Waals surface area contributed by atoms with E-state index in [-0.39, 0.29) is 17.4 Å². The average Bonchev–Trinajstić information content (AvgIpc) is 2.88. The van der Waals surface area contributed by atoms with Crippen molar-refractivity contribution < 1.29 is 36.9 Å². The summed E-state index contributed by atoms with van der Waals surface area (Å²) in [6, 6.07) is 4.49. The second-order valence-corrected chi connectivity index (χ2v) is 10.6. The lowest BCUT2D eigenvalue weighted by Gasteiger charge is -2.36. The number of hydrogen-bond donors (Lipinski definition) is 3. The van der Waals surface area contributed by atoms with Crippen LogP contribution in [0.15, 0.2) is 30.3 Å². The number of carbonyl (C=O) groups is 5. The van der Waals surface area contributed by atoms with Crippen LogP contribution in [0.2, 0.25) is 0 Å². The first-order valence-corrected chi connectivity index (χ1v) is 14.0. The van der Waals surface area contributed by atoms with Gasteiger partial charge in [-0.1, -0.05) is 69.4 Å². The molecule has 0 radical (unpaired) electrons. The number of imide groups is 1. The van der Waals surface area contributed by atoms with E-state index in [0.29, 0.717) is 12.1 Å². The number of carbonyl (C=O) groups excluding carboxylic acids is 5. The first kappa shape index (κ1) is 29.0. The van der Waals surface area contributed by atoms with E-state index < -0.39 is 58.6 Å². The van der Waals surface area contributed by atoms with E-state index in [2.05, 4.69) is 17.6 Å². The van der Waals surface area contributed by atoms with Gasteiger partial charge in [0.1, 0.15) is 12.1 Å². The SMILES string of the molecule is CCCCCCCCN1CCN(C(=O)N[C@@H](C(=O)NC2CN(S(=O)(=O)O)C2=O)c2ccccc2)C(=O)C1=O. The predicted octanol–water partition coefficient (Wildman–Crippen LogP) is 0.598. The fourth-order valence-electron chi connectivity index (χ4n) is 4.28. The summed E-state index contributed by atoms with van der Waals surface area (Å²) in [4.78, 5) is 65.4. The zero-order chi connectivity index (χ0) is 27.9. The van der Waals surface area contributed by atoms with Crippen molar-refractivity contribution in [2.24, 2.45) is 0 Å². The molecule has 0 aromatic heterocycles. The standard InChI is InChI=1S/C24H33N5O8S/c1-2-3-4-5-6-10-13-27-14-15-28(23(33)22(27)32)24(34)26-19(17-11-8-7-9-12-17)20(30)25-18-16-29(21(18)31)38(35,36)37/h7-9,11-12,18-19H,2-6,10,13-16H2,1H3,(H,25,30)(H,26,34)(H,35,36,37)/t18?,19-/m1/s1. The summed E-state index contributed by atoms with van der Waals surface area (Å²) in [5.74, 6) is -3.64. The molecule has 0 spiro atoms. The molecule has 14 heteroatoms. The quantitative estimate of drug-likeness (QED) is 0.147. The number of rotatable bonds is 12. The Morgan fingerprint density at radius 3 is 2.29 bits per heavy atom. The number of urea groups is 1. The van der Waals surface area contributed by atoms with E-state index in [0.717, 1.165) is 43.4 Å². The van der Waals surface area contributed by atoms with Gasteiger partial charge in [-0.25, -0.2) is 9.10 Å². The minimum atomic E-state index is -4.73. The Bertz CT molecular complexity index is 1160. The predicted molar refractivity (Wildman–Crippen MR) is 135 cm³/mol. The molecule has 1 unspecified atom stereocenters. The first-order valence-electron chi connectivity index (χ1n) is 12.6. The van der Waals surface area contributed by atoms with Gasteiger partial charge >= 0.3 is 28.1 Å². The number of nitrogens with zero attached hydrogens (tertiary/aromatic N) is 3. The highest BCUT2D eigenvalue weighted by atomic mass is 32.2. The van der Waals surface area contributed by atoms with Crippen LogP contribution in [0.25, 0.3) is 0 Å². The van der Waals surface area contributed by atoms with Crippen molar-refractivity contribution in [3.63, 3.8) is 0 Å². The molecule has 1 aromatic rings. The molecule has 3 N–H and O–H groups in total. The minimum Gasteiger partial charge on any atom is -0.341 e. The Labute approximate surface area is 221 Å². The molecule has 0 bridgehead atoms. The summed E-state index contributed by atoms with van der Waals surface area (Å²) in [7, 11) is -4.73. The minimum absolute atomic E-state index is 0.0419. The lowest BCUT2D eigenvalue weighted by molar-refractivity contribution is -0.153. The molecule has 6 amide bonds. The van der Waals surface area contributed by atoms with Gasteiger partial charge in [-0.3, -0.25) is 28.6 Å². The molecule has 2 aliphatic rings. The Balaban J connectivity index is 1.60. The van der Waals surface area contributed by atoms with E-state index in [1.807, 2.05) is 0 Å². The van der Waals surface area contributed by atoms with Gasteiger partial charge in [0.05, 0.1) is 6.54 Å². The highest BCUT2D eigenvalue weighted by Gasteiger charge is 2.45. The van der Waals surface area contributed by atoms with Gasteiger partial charge < -0.3 is 15.5 Å². The topological polar surface area (TPSA) is 173 Å². The van der Waals surface area contributed by atoms with Crippen LogP contribution in [0.5, 0.6) is 0 Å². The van der Waals surface area contributed by atoms with Crippen LogP contribution in [-0.4, -0.2) is 89.0 Å². The number of benzene rings is 1. The van der Waals surface area contributed by atoms with Gasteiger partial charge in [0.15, 0.2) is 0 Å². The summed E-state index contributed by atoms with van der Waals surface area (Å²) < 4.78 is 31.5. The number of hydrogen-bond acceptors (Lipinski definition) is 7. The third kappa shape index (κ3) is 7.07. The molecule has 0 saturated carbocycles. The molecule has 0 aliphatic carbocycles. The van der Waals surface area contributed by atoms with Crippen molar-refractivity contribution in [1.82, 2.24) is 24.7 Å². The second kappa shape index (κ2) is 12.8. The number of β-lactam (4-membered cyclic amide) rings is 1. The van der Waals surface area contributed by atoms with Crippen molar-refractivity contribution in [3.05, 3.63) is 35.9 Å². The smallest absolute Gasteiger partial charge is 0.341 e. The lowest BCUT2D eigenvalue weighted by atomic mass is 10.0. The highest BCUT2D eigenvalue weighted by Crippen LogP contribution is 2.19. The monoisotopic (exact) mass is 551 g/mol. The Hall–Kier alpha value is -3.52. The normalized spacial score (nSPS) is 18.7. The molecule has 13 nitrogen and oxygen atoms in total. The van der Waals surface area contributed by atoms with Crippen LogP contribution < -0.4 is 10.6 Å². The summed E-state index contributed by atoms with van der Waals surface area (Å²) in [5, 5.41) is 4.79. The van der Waals surface area contributed by atoms with E-state index in [9.17, 15) is 32.4 Å². The largest absolute Gasteiger partial charge is 0.362 e. The van der Waals surface area contributed by atoms with Crippen LogP contribution in [0.4, 0.5) is 4.79 Å². The fraction of sp³-hybridized carbons (Fsp3) is 0.542. The maximum Gasteiger partial charge on any atom is 0.362 e. The zero-order valence-corrected chi connectivity index (χ0v) is 22.0. The lowest BCUT2D eigenvalue weighted by Crippen LogP contribution is -2.66. The fourth-order valence-corrected chi connectivity index (χ4v) is 4.97. The number of nitrogens with one attached hydrogen (secondary N) is 2. The summed E-state index contributed by atoms with van der Waals surface area (Å²) in [6.07, 6.45) is 6.19. The third-order valence-electron chi connectivity index (χ3n) is 6.49. The Kier molecular flexibility index (Phi) is 9.80. The zero-order valence-electron chi connectivity index (χ0n) is 21.2. The van der Waals surface area contributed by atoms with Crippen LogP contribution in [0.1, 0.15) is 57.1 Å². The van der Waals surface area contributed by atoms with Crippen molar-refractivity contribution in [2.75, 3.05) is 26.2 Å². The van der Waals surface area contributed by atoms with Crippen molar-refractivity contribution in [2.45, 2.75) is 57.5 Å². The van der Waals surface area contributed by atoms with Gasteiger partial charge in [-0.2, -0.15) is 8.42 Å². The summed E-state index contributed by atoms with van der Waals surface area (Å²) in [5.41, 5.74) is 0.331. The Morgan fingerprint density at radius 1 is 1.00 bits per heavy atom. The van der Waals surface area contributed by atoms with Crippen LogP contribution in [0, 0.1) is 0 Å². The van der Waals surface area contributed by atoms with E-state index in [1.54, 1.807) is 30.3 Å². The maximum atomic E-state index is 13.0. The van der Waals surface area contributed by atoms with Gasteiger partial charge in [-0.15, -0.1) is 0 Å². The average molecular weight is 552 g/mol. The molecular formula is C24H33N5O8S. The summed E-state index contributed by atoms with van der Waals surface area (Å²) in [6.45, 7) is 2.23. The van der Waals surface area contributed by atoms with Crippen LogP contribution in [-0.2, 0) is 29.5 Å². The number of unbranched alkanes of at least 4 members (excludes halogenated alkanes) is 5. The van der Waals surface area contributed by atoms with Gasteiger partial charge in [0.25, 0.3) is 5.91 Å². The van der Waals surface area contributed by atoms with Crippen LogP contribution in [0.3, 0.4) is 0 Å². The molecule has 2 heterocycles. The van der Waals surface area contributed by atoms with E-state index >= 15 is 0 Å². The number of piperazine rings is 1. The maximum absolute atomic E-state index is 13.0. The molecule has 2 atom stereocenters. The molecule has 3 rings (SSSR count). The highest BCUT2D eigenvalue weighted by molar-refractivity contribution is 7.84. The molecule has 38 heavy (non-hydrogen) atoms. The van der Waals surface area contributed by atoms with Gasteiger partial charge in [0.2, 0.25) is 5.91 Å². The van der Waals surface area contributed by atoms with E-state index in [4.69, 9.17) is 4.55 Å². The second-order valence-electron chi connectivity index (χ2n) is 9.22. The molecule has 2 saturated heterocycles. The first-order chi connectivity index (χ1) is 18.0. The van der Waals surface area contributed by atoms with Crippen molar-refractivity contribution in [3.8, 4) is 0 Å². The van der Waals surface area contributed by atoms with E-state index in [1.165, 1.54) is 4.90 Å². The summed E-state index contributed by atoms with van der Waals surface area (Å²) >= 11 is 0. The molecular weight excluding hydrogens is 518 g/mol. The Morgan fingerprint density at radius 2 is 1.66 bits per heavy atom. The van der Waals surface area contributed by atoms with Gasteiger partial charge in [-0.05, 0) is 12.0 Å². The number of amides is 6. The van der Waals surface area contributed by atoms with Crippen molar-refractivity contribution in [1.29, 1.82) is 0 Å². The third-order valence-corrected chi connectivity index (χ3v) is 7.37. The van der Waals surface area contributed by atoms with Gasteiger partial charge in [0, 0.05) is 19.6 Å². The molecule has 1 aromatic carbocycles. The van der Waals surface area contributed by atoms with Crippen molar-refractivity contribution >= 4 is 40.0 Å². The molecule has 2 fully saturated rings. The molecule has 2 aliphatic heterocycles. The molecule has 208 valence electrons.